The smallest absolute Gasteiger partial charge is 0.285 e. The van der Waals surface area contributed by atoms with Gasteiger partial charge in [0.15, 0.2) is 5.84 Å². The zero-order valence-electron chi connectivity index (χ0n) is 7.51. The van der Waals surface area contributed by atoms with E-state index in [1.165, 1.54) is 11.1 Å². The minimum atomic E-state index is -3.53. The zero-order valence-corrected chi connectivity index (χ0v) is 8.32. The molecule has 0 atom stereocenters. The van der Waals surface area contributed by atoms with Crippen LogP contribution in [0.25, 0.3) is 0 Å². The minimum Gasteiger partial charge on any atom is -0.297 e. The fraction of sp³-hybridized carbons (Fsp3) is 0.125. The Balaban J connectivity index is 2.73. The largest absolute Gasteiger partial charge is 0.297 e. The van der Waals surface area contributed by atoms with Crippen LogP contribution in [0.5, 0.6) is 0 Å². The summed E-state index contributed by atoms with van der Waals surface area (Å²) < 4.78 is 26.6. The SMILES string of the molecule is CN(N)C1=NS(=O)(=O)c2ccccc21. The van der Waals surface area contributed by atoms with Gasteiger partial charge >= 0.3 is 0 Å². The van der Waals surface area contributed by atoms with E-state index in [0.717, 1.165) is 0 Å². The summed E-state index contributed by atoms with van der Waals surface area (Å²) >= 11 is 0. The first kappa shape index (κ1) is 9.17. The second-order valence-electron chi connectivity index (χ2n) is 3.00. The molecule has 14 heavy (non-hydrogen) atoms. The summed E-state index contributed by atoms with van der Waals surface area (Å²) in [6, 6.07) is 6.61. The van der Waals surface area contributed by atoms with Crippen molar-refractivity contribution in [1.29, 1.82) is 0 Å². The quantitative estimate of drug-likeness (QED) is 0.482. The lowest BCUT2D eigenvalue weighted by molar-refractivity contribution is 0.541. The first-order valence-corrected chi connectivity index (χ1v) is 5.39. The number of nitrogens with zero attached hydrogens (tertiary/aromatic N) is 2. The minimum absolute atomic E-state index is 0.215. The number of nitrogens with two attached hydrogens (primary N) is 1. The predicted molar refractivity (Wildman–Crippen MR) is 52.1 cm³/mol. The molecule has 0 unspecified atom stereocenters. The van der Waals surface area contributed by atoms with Gasteiger partial charge < -0.3 is 0 Å². The van der Waals surface area contributed by atoms with E-state index < -0.39 is 10.0 Å². The highest BCUT2D eigenvalue weighted by Crippen LogP contribution is 2.25. The molecule has 0 saturated carbocycles. The Bertz CT molecular complexity index is 505. The topological polar surface area (TPSA) is 75.8 Å². The third-order valence-electron chi connectivity index (χ3n) is 1.95. The molecule has 0 spiro atoms. The van der Waals surface area contributed by atoms with Gasteiger partial charge in [0.2, 0.25) is 0 Å². The van der Waals surface area contributed by atoms with Gasteiger partial charge in [-0.2, -0.15) is 8.42 Å². The molecule has 0 amide bonds. The van der Waals surface area contributed by atoms with Crippen molar-refractivity contribution in [2.75, 3.05) is 7.05 Å². The van der Waals surface area contributed by atoms with Crippen LogP contribution in [0.3, 0.4) is 0 Å². The molecule has 0 saturated heterocycles. The molecule has 1 heterocycles. The highest BCUT2D eigenvalue weighted by molar-refractivity contribution is 7.90. The van der Waals surface area contributed by atoms with Gasteiger partial charge in [-0.1, -0.05) is 12.1 Å². The van der Waals surface area contributed by atoms with E-state index >= 15 is 0 Å². The molecule has 74 valence electrons. The van der Waals surface area contributed by atoms with Crippen molar-refractivity contribution in [2.45, 2.75) is 4.90 Å². The van der Waals surface area contributed by atoms with Crippen LogP contribution >= 0.6 is 0 Å². The Morgan fingerprint density at radius 1 is 1.36 bits per heavy atom. The Kier molecular flexibility index (Phi) is 1.83. The third kappa shape index (κ3) is 1.19. The first-order valence-electron chi connectivity index (χ1n) is 3.95. The fourth-order valence-corrected chi connectivity index (χ4v) is 2.58. The molecule has 0 aliphatic carbocycles. The van der Waals surface area contributed by atoms with E-state index in [1.807, 2.05) is 0 Å². The van der Waals surface area contributed by atoms with Crippen LogP contribution < -0.4 is 5.84 Å². The lowest BCUT2D eigenvalue weighted by atomic mass is 10.2. The molecule has 0 radical (unpaired) electrons. The van der Waals surface area contributed by atoms with Crippen LogP contribution in [0, 0.1) is 0 Å². The monoisotopic (exact) mass is 211 g/mol. The van der Waals surface area contributed by atoms with Gasteiger partial charge in [0, 0.05) is 12.6 Å². The van der Waals surface area contributed by atoms with E-state index in [0.29, 0.717) is 5.56 Å². The number of amidine groups is 1. The van der Waals surface area contributed by atoms with Crippen molar-refractivity contribution in [3.8, 4) is 0 Å². The lowest BCUT2D eigenvalue weighted by Gasteiger charge is -2.10. The third-order valence-corrected chi connectivity index (χ3v) is 3.27. The molecule has 5 nitrogen and oxygen atoms in total. The number of hydrogen-bond donors (Lipinski definition) is 1. The van der Waals surface area contributed by atoms with Gasteiger partial charge in [0.1, 0.15) is 4.90 Å². The maximum Gasteiger partial charge on any atom is 0.285 e. The van der Waals surface area contributed by atoms with Crippen LogP contribution in [0.15, 0.2) is 33.6 Å². The summed E-state index contributed by atoms with van der Waals surface area (Å²) in [5, 5.41) is 1.20. The van der Waals surface area contributed by atoms with E-state index in [4.69, 9.17) is 5.84 Å². The van der Waals surface area contributed by atoms with Crippen molar-refractivity contribution in [3.63, 3.8) is 0 Å². The summed E-state index contributed by atoms with van der Waals surface area (Å²) in [5.74, 6) is 5.75. The Hall–Kier alpha value is -1.40. The lowest BCUT2D eigenvalue weighted by Crippen LogP contribution is -2.32. The van der Waals surface area contributed by atoms with E-state index in [2.05, 4.69) is 4.40 Å². The Morgan fingerprint density at radius 2 is 2.00 bits per heavy atom. The fourth-order valence-electron chi connectivity index (χ4n) is 1.34. The van der Waals surface area contributed by atoms with Crippen molar-refractivity contribution in [2.24, 2.45) is 10.2 Å². The average Bonchev–Trinajstić information content (AvgIpc) is 2.40. The molecule has 0 aromatic heterocycles. The van der Waals surface area contributed by atoms with E-state index in [9.17, 15) is 8.42 Å². The molecule has 1 aromatic rings. The summed E-state index contributed by atoms with van der Waals surface area (Å²) in [6.45, 7) is 0. The summed E-state index contributed by atoms with van der Waals surface area (Å²) in [7, 11) is -1.98. The molecule has 2 N–H and O–H groups in total. The number of rotatable bonds is 0. The molecule has 1 aliphatic rings. The molecular formula is C8H9N3O2S. The van der Waals surface area contributed by atoms with Gasteiger partial charge in [0.05, 0.1) is 0 Å². The molecular weight excluding hydrogens is 202 g/mol. The highest BCUT2D eigenvalue weighted by Gasteiger charge is 2.29. The van der Waals surface area contributed by atoms with Crippen LogP contribution in [0.2, 0.25) is 0 Å². The van der Waals surface area contributed by atoms with Crippen LogP contribution in [-0.4, -0.2) is 26.3 Å². The van der Waals surface area contributed by atoms with Crippen molar-refractivity contribution in [3.05, 3.63) is 29.8 Å². The number of fused-ring (bicyclic) bond motifs is 1. The Labute approximate surface area is 81.9 Å². The first-order chi connectivity index (χ1) is 6.52. The van der Waals surface area contributed by atoms with Crippen molar-refractivity contribution >= 4 is 15.9 Å². The van der Waals surface area contributed by atoms with Crippen LogP contribution in [0.1, 0.15) is 5.56 Å². The van der Waals surface area contributed by atoms with Crippen LogP contribution in [0.4, 0.5) is 0 Å². The van der Waals surface area contributed by atoms with Crippen LogP contribution in [-0.2, 0) is 10.0 Å². The second-order valence-corrected chi connectivity index (χ2v) is 4.57. The number of hydrogen-bond acceptors (Lipinski definition) is 4. The maximum atomic E-state index is 11.5. The molecule has 0 fully saturated rings. The predicted octanol–water partition coefficient (Wildman–Crippen LogP) is -0.0590. The molecule has 6 heteroatoms. The molecule has 1 aliphatic heterocycles. The molecule has 0 bridgehead atoms. The highest BCUT2D eigenvalue weighted by atomic mass is 32.2. The summed E-state index contributed by atoms with van der Waals surface area (Å²) in [5.41, 5.74) is 0.553. The summed E-state index contributed by atoms with van der Waals surface area (Å²) in [6.07, 6.45) is 0. The van der Waals surface area contributed by atoms with Gasteiger partial charge in [-0.25, -0.2) is 5.84 Å². The Morgan fingerprint density at radius 3 is 2.64 bits per heavy atom. The molecule has 2 rings (SSSR count). The second kappa shape index (κ2) is 2.79. The number of hydrazine groups is 1. The van der Waals surface area contributed by atoms with E-state index in [-0.39, 0.29) is 10.7 Å². The van der Waals surface area contributed by atoms with E-state index in [1.54, 1.807) is 25.2 Å². The van der Waals surface area contributed by atoms with Gasteiger partial charge in [0.25, 0.3) is 10.0 Å². The average molecular weight is 211 g/mol. The molecule has 1 aromatic carbocycles. The van der Waals surface area contributed by atoms with Gasteiger partial charge in [-0.15, -0.1) is 4.40 Å². The summed E-state index contributed by atoms with van der Waals surface area (Å²) in [4.78, 5) is 0.215. The normalized spacial score (nSPS) is 17.4. The maximum absolute atomic E-state index is 11.5. The van der Waals surface area contributed by atoms with Crippen molar-refractivity contribution < 1.29 is 8.42 Å². The number of sulfonamides is 1. The number of benzene rings is 1. The standard InChI is InChI=1S/C8H9N3O2S/c1-11(9)8-6-4-2-3-5-7(6)14(12,13)10-8/h2-5H,9H2,1H3. The zero-order chi connectivity index (χ0) is 10.3. The van der Waals surface area contributed by atoms with Gasteiger partial charge in [-0.3, -0.25) is 5.01 Å². The van der Waals surface area contributed by atoms with Gasteiger partial charge in [-0.05, 0) is 12.1 Å². The van der Waals surface area contributed by atoms with Crippen molar-refractivity contribution in [1.82, 2.24) is 5.01 Å².